The number of amides is 1. The Bertz CT molecular complexity index is 874. The summed E-state index contributed by atoms with van der Waals surface area (Å²) in [5.74, 6) is 0.0989. The van der Waals surface area contributed by atoms with Crippen molar-refractivity contribution in [1.29, 1.82) is 0 Å². The second kappa shape index (κ2) is 6.66. The van der Waals surface area contributed by atoms with Crippen molar-refractivity contribution in [2.75, 3.05) is 5.32 Å². The molecule has 0 aliphatic rings. The highest BCUT2D eigenvalue weighted by molar-refractivity contribution is 5.99. The van der Waals surface area contributed by atoms with Gasteiger partial charge in [0, 0.05) is 18.8 Å². The maximum absolute atomic E-state index is 13.2. The van der Waals surface area contributed by atoms with E-state index in [4.69, 9.17) is 0 Å². The molecule has 7 heteroatoms. The first-order valence-electron chi connectivity index (χ1n) is 7.66. The van der Waals surface area contributed by atoms with Crippen LogP contribution in [0.2, 0.25) is 0 Å². The molecule has 2 N–H and O–H groups in total. The van der Waals surface area contributed by atoms with Crippen LogP contribution in [0, 0.1) is 5.82 Å². The Balaban J connectivity index is 1.81. The molecular formula is C17H18FN5O. The van der Waals surface area contributed by atoms with Gasteiger partial charge in [0.05, 0.1) is 6.20 Å². The Morgan fingerprint density at radius 1 is 1.33 bits per heavy atom. The zero-order valence-electron chi connectivity index (χ0n) is 13.5. The van der Waals surface area contributed by atoms with E-state index >= 15 is 0 Å². The molecule has 0 radical (unpaired) electrons. The number of nitrogens with zero attached hydrogens (tertiary/aromatic N) is 3. The average molecular weight is 327 g/mol. The molecule has 2 aromatic heterocycles. The molecule has 124 valence electrons. The molecule has 0 saturated carbocycles. The van der Waals surface area contributed by atoms with E-state index in [1.165, 1.54) is 18.3 Å². The molecule has 3 rings (SSSR count). The highest BCUT2D eigenvalue weighted by Gasteiger charge is 2.15. The minimum Gasteiger partial charge on any atom is -0.366 e. The third kappa shape index (κ3) is 3.51. The van der Waals surface area contributed by atoms with E-state index in [9.17, 15) is 9.18 Å². The van der Waals surface area contributed by atoms with Crippen molar-refractivity contribution in [2.45, 2.75) is 26.4 Å². The predicted molar refractivity (Wildman–Crippen MR) is 89.3 cm³/mol. The summed E-state index contributed by atoms with van der Waals surface area (Å²) in [5.41, 5.74) is 1.69. The van der Waals surface area contributed by atoms with Gasteiger partial charge in [-0.25, -0.2) is 13.9 Å². The lowest BCUT2D eigenvalue weighted by Crippen LogP contribution is -2.30. The Morgan fingerprint density at radius 2 is 2.17 bits per heavy atom. The molecule has 0 bridgehead atoms. The fourth-order valence-electron chi connectivity index (χ4n) is 2.31. The third-order valence-corrected chi connectivity index (χ3v) is 3.40. The monoisotopic (exact) mass is 327 g/mol. The lowest BCUT2D eigenvalue weighted by atomic mass is 10.2. The summed E-state index contributed by atoms with van der Waals surface area (Å²) >= 11 is 0. The van der Waals surface area contributed by atoms with Crippen LogP contribution in [0.3, 0.4) is 0 Å². The van der Waals surface area contributed by atoms with E-state index in [0.717, 1.165) is 5.56 Å². The van der Waals surface area contributed by atoms with Crippen LogP contribution in [0.25, 0.3) is 5.65 Å². The first-order valence-corrected chi connectivity index (χ1v) is 7.66. The molecular weight excluding hydrogens is 309 g/mol. The van der Waals surface area contributed by atoms with E-state index in [1.807, 2.05) is 19.9 Å². The van der Waals surface area contributed by atoms with Gasteiger partial charge in [-0.2, -0.15) is 5.10 Å². The van der Waals surface area contributed by atoms with Gasteiger partial charge in [-0.05, 0) is 37.6 Å². The van der Waals surface area contributed by atoms with Gasteiger partial charge in [0.2, 0.25) is 0 Å². The number of rotatable bonds is 5. The Hall–Kier alpha value is -2.96. The molecule has 24 heavy (non-hydrogen) atoms. The number of aromatic nitrogens is 3. The maximum atomic E-state index is 13.2. The second-order valence-corrected chi connectivity index (χ2v) is 5.75. The van der Waals surface area contributed by atoms with Crippen molar-refractivity contribution in [2.24, 2.45) is 0 Å². The molecule has 0 fully saturated rings. The second-order valence-electron chi connectivity index (χ2n) is 5.75. The van der Waals surface area contributed by atoms with Crippen LogP contribution in [-0.2, 0) is 6.54 Å². The fraction of sp³-hybridized carbons (Fsp3) is 0.235. The number of carbonyl (C=O) groups is 1. The highest BCUT2D eigenvalue weighted by Crippen LogP contribution is 2.13. The third-order valence-electron chi connectivity index (χ3n) is 3.40. The van der Waals surface area contributed by atoms with Crippen molar-refractivity contribution in [1.82, 2.24) is 19.9 Å². The summed E-state index contributed by atoms with van der Waals surface area (Å²) in [6, 6.07) is 8.14. The van der Waals surface area contributed by atoms with Gasteiger partial charge in [-0.15, -0.1) is 0 Å². The summed E-state index contributed by atoms with van der Waals surface area (Å²) < 4.78 is 14.8. The van der Waals surface area contributed by atoms with Crippen LogP contribution in [0.1, 0.15) is 29.8 Å². The predicted octanol–water partition coefficient (Wildman–Crippen LogP) is 2.62. The van der Waals surface area contributed by atoms with Gasteiger partial charge in [0.1, 0.15) is 17.2 Å². The van der Waals surface area contributed by atoms with Crippen molar-refractivity contribution in [3.8, 4) is 0 Å². The van der Waals surface area contributed by atoms with E-state index < -0.39 is 0 Å². The number of nitrogens with one attached hydrogen (secondary N) is 2. The first kappa shape index (κ1) is 15.9. The van der Waals surface area contributed by atoms with Crippen LogP contribution in [-0.4, -0.2) is 26.5 Å². The SMILES string of the molecule is CC(C)NC(=O)c1cnn2ccc(NCc3cccc(F)c3)nc12. The quantitative estimate of drug-likeness (QED) is 0.756. The summed E-state index contributed by atoms with van der Waals surface area (Å²) in [7, 11) is 0. The minimum atomic E-state index is -0.277. The molecule has 0 spiro atoms. The number of fused-ring (bicyclic) bond motifs is 1. The molecule has 3 aromatic rings. The molecule has 0 aliphatic heterocycles. The van der Waals surface area contributed by atoms with E-state index in [-0.39, 0.29) is 17.8 Å². The molecule has 2 heterocycles. The van der Waals surface area contributed by atoms with Crippen molar-refractivity contribution >= 4 is 17.4 Å². The van der Waals surface area contributed by atoms with Gasteiger partial charge in [0.15, 0.2) is 5.65 Å². The van der Waals surface area contributed by atoms with Gasteiger partial charge in [0.25, 0.3) is 5.91 Å². The van der Waals surface area contributed by atoms with Crippen molar-refractivity contribution < 1.29 is 9.18 Å². The molecule has 1 aromatic carbocycles. The largest absolute Gasteiger partial charge is 0.366 e. The Morgan fingerprint density at radius 3 is 2.92 bits per heavy atom. The van der Waals surface area contributed by atoms with Gasteiger partial charge >= 0.3 is 0 Å². The molecule has 0 saturated heterocycles. The summed E-state index contributed by atoms with van der Waals surface area (Å²) in [6.45, 7) is 4.22. The zero-order valence-corrected chi connectivity index (χ0v) is 13.5. The summed E-state index contributed by atoms with van der Waals surface area (Å²) in [6.07, 6.45) is 3.22. The number of hydrogen-bond donors (Lipinski definition) is 2. The first-order chi connectivity index (χ1) is 11.5. The smallest absolute Gasteiger partial charge is 0.256 e. The summed E-state index contributed by atoms with van der Waals surface area (Å²) in [5, 5.41) is 10.1. The number of hydrogen-bond acceptors (Lipinski definition) is 4. The minimum absolute atomic E-state index is 0.0294. The lowest BCUT2D eigenvalue weighted by Gasteiger charge is -2.08. The van der Waals surface area contributed by atoms with Crippen LogP contribution in [0.15, 0.2) is 42.7 Å². The van der Waals surface area contributed by atoms with E-state index in [0.29, 0.717) is 23.6 Å². The fourth-order valence-corrected chi connectivity index (χ4v) is 2.31. The summed E-state index contributed by atoms with van der Waals surface area (Å²) in [4.78, 5) is 16.6. The molecule has 1 amide bonds. The topological polar surface area (TPSA) is 71.3 Å². The molecule has 0 unspecified atom stereocenters. The number of halogens is 1. The molecule has 0 aliphatic carbocycles. The van der Waals surface area contributed by atoms with E-state index in [1.54, 1.807) is 22.8 Å². The van der Waals surface area contributed by atoms with Crippen molar-refractivity contribution in [3.05, 3.63) is 59.7 Å². The van der Waals surface area contributed by atoms with Crippen LogP contribution in [0.5, 0.6) is 0 Å². The lowest BCUT2D eigenvalue weighted by molar-refractivity contribution is 0.0944. The standard InChI is InChI=1S/C17H18FN5O/c1-11(2)21-17(24)14-10-20-23-7-6-15(22-16(14)23)19-9-12-4-3-5-13(18)8-12/h3-8,10-11H,9H2,1-2H3,(H,19,22)(H,21,24). The van der Waals surface area contributed by atoms with Gasteiger partial charge in [-0.1, -0.05) is 12.1 Å². The zero-order chi connectivity index (χ0) is 17.1. The number of benzene rings is 1. The van der Waals surface area contributed by atoms with Gasteiger partial charge < -0.3 is 10.6 Å². The van der Waals surface area contributed by atoms with Crippen molar-refractivity contribution in [3.63, 3.8) is 0 Å². The van der Waals surface area contributed by atoms with Crippen LogP contribution in [0.4, 0.5) is 10.2 Å². The number of carbonyl (C=O) groups excluding carboxylic acids is 1. The average Bonchev–Trinajstić information content (AvgIpc) is 2.95. The highest BCUT2D eigenvalue weighted by atomic mass is 19.1. The normalized spacial score (nSPS) is 11.0. The molecule has 0 atom stereocenters. The van der Waals surface area contributed by atoms with Gasteiger partial charge in [-0.3, -0.25) is 4.79 Å². The molecule has 6 nitrogen and oxygen atoms in total. The Labute approximate surface area is 138 Å². The van der Waals surface area contributed by atoms with Crippen LogP contribution >= 0.6 is 0 Å². The maximum Gasteiger partial charge on any atom is 0.256 e. The van der Waals surface area contributed by atoms with E-state index in [2.05, 4.69) is 20.7 Å². The van der Waals surface area contributed by atoms with Crippen LogP contribution < -0.4 is 10.6 Å². The Kier molecular flexibility index (Phi) is 4.41. The number of anilines is 1.